The maximum atomic E-state index is 14.1. The second-order valence-electron chi connectivity index (χ2n) is 5.48. The number of benzene rings is 2. The van der Waals surface area contributed by atoms with Gasteiger partial charge in [0, 0.05) is 10.5 Å². The zero-order valence-corrected chi connectivity index (χ0v) is 13.9. The molecule has 1 aliphatic rings. The van der Waals surface area contributed by atoms with Gasteiger partial charge < -0.3 is 4.74 Å². The van der Waals surface area contributed by atoms with Crippen LogP contribution in [0.2, 0.25) is 0 Å². The van der Waals surface area contributed by atoms with E-state index in [1.165, 1.54) is 17.8 Å². The van der Waals surface area contributed by atoms with Gasteiger partial charge in [0.2, 0.25) is 0 Å². The fourth-order valence-corrected chi connectivity index (χ4v) is 3.15. The largest absolute Gasteiger partial charge is 0.369 e. The van der Waals surface area contributed by atoms with Crippen LogP contribution in [0.15, 0.2) is 47.4 Å². The van der Waals surface area contributed by atoms with E-state index in [0.717, 1.165) is 16.7 Å². The van der Waals surface area contributed by atoms with Crippen LogP contribution in [0.25, 0.3) is 11.1 Å². The second kappa shape index (κ2) is 6.69. The predicted molar refractivity (Wildman–Crippen MR) is 92.0 cm³/mol. The Morgan fingerprint density at radius 3 is 2.39 bits per heavy atom. The fourth-order valence-electron chi connectivity index (χ4n) is 2.70. The molecule has 0 saturated heterocycles. The minimum Gasteiger partial charge on any atom is -0.369 e. The fraction of sp³-hybridized carbons (Fsp3) is 0.211. The normalized spacial score (nSPS) is 15.2. The monoisotopic (exact) mass is 328 g/mol. The van der Waals surface area contributed by atoms with Crippen molar-refractivity contribution < 1.29 is 13.9 Å². The molecule has 2 nitrogen and oxygen atoms in total. The highest BCUT2D eigenvalue weighted by Gasteiger charge is 2.24. The number of hydrogen-bond acceptors (Lipinski definition) is 3. The molecule has 0 fully saturated rings. The average molecular weight is 328 g/mol. The molecule has 118 valence electrons. The van der Waals surface area contributed by atoms with E-state index in [1.807, 2.05) is 43.5 Å². The van der Waals surface area contributed by atoms with Crippen LogP contribution in [0.5, 0.6) is 0 Å². The highest BCUT2D eigenvalue weighted by Crippen LogP contribution is 2.32. The quantitative estimate of drug-likeness (QED) is 0.783. The molecule has 0 radical (unpaired) electrons. The summed E-state index contributed by atoms with van der Waals surface area (Å²) in [6, 6.07) is 12.9. The molecule has 0 amide bonds. The van der Waals surface area contributed by atoms with Crippen molar-refractivity contribution in [1.29, 1.82) is 0 Å². The molecule has 0 aromatic heterocycles. The van der Waals surface area contributed by atoms with Gasteiger partial charge in [0.1, 0.15) is 12.4 Å². The molecule has 1 aliphatic heterocycles. The number of rotatable bonds is 3. The molecule has 23 heavy (non-hydrogen) atoms. The summed E-state index contributed by atoms with van der Waals surface area (Å²) in [5, 5.41) is 0. The first-order valence-corrected chi connectivity index (χ1v) is 8.57. The first kappa shape index (κ1) is 16.0. The molecule has 0 N–H and O–H groups in total. The summed E-state index contributed by atoms with van der Waals surface area (Å²) in [6.07, 6.45) is 1.84. The van der Waals surface area contributed by atoms with E-state index in [4.69, 9.17) is 4.74 Å². The number of aryl methyl sites for hydroxylation is 1. The number of hydrogen-bond donors (Lipinski definition) is 0. The molecule has 1 heterocycles. The third kappa shape index (κ3) is 3.23. The van der Waals surface area contributed by atoms with Crippen molar-refractivity contribution in [3.8, 4) is 0 Å². The molecule has 2 aromatic carbocycles. The summed E-state index contributed by atoms with van der Waals surface area (Å²) in [6.45, 7) is 2.38. The van der Waals surface area contributed by atoms with Gasteiger partial charge in [0.25, 0.3) is 0 Å². The number of halogens is 1. The lowest BCUT2D eigenvalue weighted by Gasteiger charge is -2.21. The summed E-state index contributed by atoms with van der Waals surface area (Å²) >= 11 is 1.36. The molecule has 0 saturated carbocycles. The average Bonchev–Trinajstić information content (AvgIpc) is 2.55. The zero-order chi connectivity index (χ0) is 16.4. The van der Waals surface area contributed by atoms with Gasteiger partial charge in [-0.2, -0.15) is 0 Å². The van der Waals surface area contributed by atoms with E-state index < -0.39 is 0 Å². The molecule has 0 spiro atoms. The van der Waals surface area contributed by atoms with Crippen LogP contribution in [0.4, 0.5) is 4.39 Å². The van der Waals surface area contributed by atoms with Crippen molar-refractivity contribution in [3.05, 3.63) is 65.0 Å². The van der Waals surface area contributed by atoms with Crippen LogP contribution < -0.4 is 0 Å². The zero-order valence-electron chi connectivity index (χ0n) is 13.1. The maximum Gasteiger partial charge on any atom is 0.189 e. The number of carbonyl (C=O) groups is 1. The Labute approximate surface area is 139 Å². The van der Waals surface area contributed by atoms with Crippen LogP contribution in [0.3, 0.4) is 0 Å². The maximum absolute atomic E-state index is 14.1. The van der Waals surface area contributed by atoms with E-state index in [1.54, 1.807) is 6.07 Å². The minimum absolute atomic E-state index is 0.0653. The Morgan fingerprint density at radius 2 is 1.74 bits per heavy atom. The summed E-state index contributed by atoms with van der Waals surface area (Å²) in [5.74, 6) is -0.340. The van der Waals surface area contributed by atoms with E-state index in [2.05, 4.69) is 0 Å². The van der Waals surface area contributed by atoms with Gasteiger partial charge in [0.15, 0.2) is 5.78 Å². The standard InChI is InChI=1S/C19H17FO2S/c1-12-3-5-13(6-4-12)19-15(10-22-11-17(19)21)14-7-8-18(23-2)16(20)9-14/h3-9H,10-11H2,1-2H3. The first-order chi connectivity index (χ1) is 11.1. The predicted octanol–water partition coefficient (Wildman–Crippen LogP) is 4.37. The lowest BCUT2D eigenvalue weighted by Crippen LogP contribution is -2.20. The third-order valence-corrected chi connectivity index (χ3v) is 4.67. The molecule has 0 unspecified atom stereocenters. The summed E-state index contributed by atoms with van der Waals surface area (Å²) in [7, 11) is 0. The number of ketones is 1. The van der Waals surface area contributed by atoms with E-state index in [-0.39, 0.29) is 18.2 Å². The van der Waals surface area contributed by atoms with Crippen LogP contribution in [-0.4, -0.2) is 25.3 Å². The Bertz CT molecular complexity index is 778. The number of ether oxygens (including phenoxy) is 1. The van der Waals surface area contributed by atoms with Crippen LogP contribution in [-0.2, 0) is 9.53 Å². The van der Waals surface area contributed by atoms with E-state index in [9.17, 15) is 9.18 Å². The molecule has 4 heteroatoms. The smallest absolute Gasteiger partial charge is 0.189 e. The van der Waals surface area contributed by atoms with Crippen molar-refractivity contribution in [1.82, 2.24) is 0 Å². The summed E-state index contributed by atoms with van der Waals surface area (Å²) in [4.78, 5) is 13.0. The van der Waals surface area contributed by atoms with E-state index in [0.29, 0.717) is 22.6 Å². The minimum atomic E-state index is -0.274. The van der Waals surface area contributed by atoms with Crippen LogP contribution in [0.1, 0.15) is 16.7 Å². The Hall–Kier alpha value is -1.91. The number of thioether (sulfide) groups is 1. The van der Waals surface area contributed by atoms with Gasteiger partial charge in [-0.25, -0.2) is 4.39 Å². The van der Waals surface area contributed by atoms with Crippen molar-refractivity contribution >= 4 is 28.7 Å². The van der Waals surface area contributed by atoms with Gasteiger partial charge in [0.05, 0.1) is 6.61 Å². The number of carbonyl (C=O) groups excluding carboxylic acids is 1. The van der Waals surface area contributed by atoms with Crippen LogP contribution in [0, 0.1) is 12.7 Å². The summed E-state index contributed by atoms with van der Waals surface area (Å²) in [5.41, 5.74) is 4.06. The van der Waals surface area contributed by atoms with Crippen molar-refractivity contribution in [2.24, 2.45) is 0 Å². The van der Waals surface area contributed by atoms with Crippen molar-refractivity contribution in [2.75, 3.05) is 19.5 Å². The Morgan fingerprint density at radius 1 is 1.04 bits per heavy atom. The highest BCUT2D eigenvalue weighted by molar-refractivity contribution is 7.98. The number of Topliss-reactive ketones (excluding diaryl/α,β-unsaturated/α-hetero) is 1. The molecule has 2 aromatic rings. The third-order valence-electron chi connectivity index (χ3n) is 3.90. The van der Waals surface area contributed by atoms with Gasteiger partial charge >= 0.3 is 0 Å². The van der Waals surface area contributed by atoms with Crippen molar-refractivity contribution in [3.63, 3.8) is 0 Å². The van der Waals surface area contributed by atoms with Gasteiger partial charge in [-0.3, -0.25) is 4.79 Å². The second-order valence-corrected chi connectivity index (χ2v) is 6.33. The van der Waals surface area contributed by atoms with Crippen molar-refractivity contribution in [2.45, 2.75) is 11.8 Å². The lowest BCUT2D eigenvalue weighted by atomic mass is 9.90. The molecule has 0 atom stereocenters. The molecular weight excluding hydrogens is 311 g/mol. The van der Waals surface area contributed by atoms with Gasteiger partial charge in [-0.1, -0.05) is 35.9 Å². The molecule has 3 rings (SSSR count). The molecule has 0 bridgehead atoms. The Kier molecular flexibility index (Phi) is 4.64. The topological polar surface area (TPSA) is 26.3 Å². The lowest BCUT2D eigenvalue weighted by molar-refractivity contribution is -0.118. The molecular formula is C19H17FO2S. The van der Waals surface area contributed by atoms with Crippen LogP contribution >= 0.6 is 11.8 Å². The highest BCUT2D eigenvalue weighted by atomic mass is 32.2. The Balaban J connectivity index is 2.15. The summed E-state index contributed by atoms with van der Waals surface area (Å²) < 4.78 is 19.5. The van der Waals surface area contributed by atoms with Gasteiger partial charge in [-0.05, 0) is 42.0 Å². The SMILES string of the molecule is CSc1ccc(C2=C(c3ccc(C)cc3)C(=O)COC2)cc1F. The van der Waals surface area contributed by atoms with E-state index >= 15 is 0 Å². The van der Waals surface area contributed by atoms with Gasteiger partial charge in [-0.15, -0.1) is 11.8 Å². The molecule has 0 aliphatic carbocycles. The first-order valence-electron chi connectivity index (χ1n) is 7.35.